The van der Waals surface area contributed by atoms with Gasteiger partial charge in [-0.05, 0) is 0 Å². The van der Waals surface area contributed by atoms with Gasteiger partial charge in [0, 0.05) is 0 Å². The summed E-state index contributed by atoms with van der Waals surface area (Å²) in [5, 5.41) is 5.94. The average molecular weight is 820 g/mol. The molecule has 4 nitrogen and oxygen atoms in total. The zero-order valence-corrected chi connectivity index (χ0v) is 34.2. The molecule has 0 aliphatic heterocycles. The third-order valence-electron chi connectivity index (χ3n) is 11.9. The van der Waals surface area contributed by atoms with Crippen molar-refractivity contribution in [3.05, 3.63) is 206 Å². The second-order valence-electron chi connectivity index (χ2n) is 14.9. The molecule has 4 aromatic heterocycles. The summed E-state index contributed by atoms with van der Waals surface area (Å²) in [5.74, 6) is 1.56. The molecule has 0 amide bonds. The summed E-state index contributed by atoms with van der Waals surface area (Å²) in [7, 11) is 0. The van der Waals surface area contributed by atoms with Gasteiger partial charge in [-0.2, -0.15) is 0 Å². The number of fused-ring (bicyclic) bond motifs is 9. The predicted octanol–water partition coefficient (Wildman–Crippen LogP) is 10.4. The Kier molecular flexibility index (Phi) is 7.55. The minimum absolute atomic E-state index is 0.661. The monoisotopic (exact) mass is 820 g/mol. The summed E-state index contributed by atoms with van der Waals surface area (Å²) < 4.78 is 12.5. The predicted molar refractivity (Wildman–Crippen MR) is 247 cm³/mol. The first-order chi connectivity index (χ1) is 28.8. The second-order valence-corrected chi connectivity index (χ2v) is 24.0. The first-order valence-electron chi connectivity index (χ1n) is 19.7. The van der Waals surface area contributed by atoms with Crippen LogP contribution < -0.4 is 17.6 Å². The van der Waals surface area contributed by atoms with Crippen LogP contribution in [0.15, 0.2) is 206 Å². The van der Waals surface area contributed by atoms with E-state index >= 15 is 0 Å². The van der Waals surface area contributed by atoms with Crippen LogP contribution in [-0.2, 0) is 0 Å². The summed E-state index contributed by atoms with van der Waals surface area (Å²) in [6.45, 7) is 0. The average Bonchev–Trinajstić information content (AvgIpc) is 3.95. The van der Waals surface area contributed by atoms with Crippen molar-refractivity contribution in [2.75, 3.05) is 0 Å². The molecule has 8 aromatic carbocycles. The fraction of sp³-hybridized carbons (Fsp3) is 0. The van der Waals surface area contributed by atoms with Gasteiger partial charge in [0.05, 0.1) is 0 Å². The van der Waals surface area contributed by atoms with Gasteiger partial charge in [0.1, 0.15) is 0 Å². The van der Waals surface area contributed by atoms with E-state index in [2.05, 4.69) is 215 Å². The molecular formula is C52H34GeN4S. The van der Waals surface area contributed by atoms with Gasteiger partial charge in [0.25, 0.3) is 0 Å². The Bertz CT molecular complexity index is 3370. The molecule has 0 bridgehead atoms. The molecule has 272 valence electrons. The van der Waals surface area contributed by atoms with Gasteiger partial charge >= 0.3 is 331 Å². The number of thiophene rings is 1. The van der Waals surface area contributed by atoms with Crippen molar-refractivity contribution in [1.82, 2.24) is 19.1 Å². The summed E-state index contributed by atoms with van der Waals surface area (Å²) >= 11 is -1.78. The van der Waals surface area contributed by atoms with Crippen LogP contribution in [0.5, 0.6) is 0 Å². The van der Waals surface area contributed by atoms with Crippen LogP contribution in [0.2, 0.25) is 0 Å². The summed E-state index contributed by atoms with van der Waals surface area (Å²) in [6, 6.07) is 75.6. The van der Waals surface area contributed by atoms with Gasteiger partial charge in [-0.1, -0.05) is 12.1 Å². The molecule has 4 heterocycles. The molecule has 0 atom stereocenters. The maximum absolute atomic E-state index is 5.63. The van der Waals surface area contributed by atoms with Gasteiger partial charge in [-0.15, -0.1) is 0 Å². The van der Waals surface area contributed by atoms with E-state index in [0.29, 0.717) is 5.95 Å². The normalized spacial score (nSPS) is 12.1. The van der Waals surface area contributed by atoms with Gasteiger partial charge in [-0.25, -0.2) is 0 Å². The van der Waals surface area contributed by atoms with Crippen molar-refractivity contribution >= 4 is 106 Å². The number of benzene rings is 8. The Morgan fingerprint density at radius 2 is 0.810 bits per heavy atom. The molecule has 0 aliphatic rings. The van der Waals surface area contributed by atoms with Crippen LogP contribution in [0.4, 0.5) is 0 Å². The third kappa shape index (κ3) is 4.81. The molecule has 0 saturated heterocycles. The topological polar surface area (TPSA) is 35.6 Å². The minimum atomic E-state index is -3.54. The summed E-state index contributed by atoms with van der Waals surface area (Å²) in [4.78, 5) is 11.1. The van der Waals surface area contributed by atoms with Crippen molar-refractivity contribution in [2.24, 2.45) is 0 Å². The Morgan fingerprint density at radius 3 is 1.38 bits per heavy atom. The molecular weight excluding hydrogens is 785 g/mol. The van der Waals surface area contributed by atoms with E-state index in [1.165, 1.54) is 43.8 Å². The molecule has 0 aliphatic carbocycles. The fourth-order valence-electron chi connectivity index (χ4n) is 9.45. The molecule has 12 rings (SSSR count). The van der Waals surface area contributed by atoms with Crippen molar-refractivity contribution < 1.29 is 0 Å². The van der Waals surface area contributed by atoms with Crippen molar-refractivity contribution in [3.63, 3.8) is 0 Å². The number of hydrogen-bond donors (Lipinski definition) is 0. The van der Waals surface area contributed by atoms with Gasteiger partial charge in [0.2, 0.25) is 0 Å². The van der Waals surface area contributed by atoms with Crippen molar-refractivity contribution in [2.45, 2.75) is 0 Å². The number of nitrogens with zero attached hydrogens (tertiary/aromatic N) is 4. The fourth-order valence-corrected chi connectivity index (χ4v) is 20.6. The van der Waals surface area contributed by atoms with E-state index in [1.54, 1.807) is 11.3 Å². The van der Waals surface area contributed by atoms with Gasteiger partial charge in [0.15, 0.2) is 0 Å². The van der Waals surface area contributed by atoms with E-state index in [9.17, 15) is 0 Å². The number of para-hydroxylation sites is 3. The van der Waals surface area contributed by atoms with E-state index < -0.39 is 13.3 Å². The van der Waals surface area contributed by atoms with Crippen molar-refractivity contribution in [3.8, 4) is 11.8 Å². The molecule has 12 aromatic rings. The molecule has 0 spiro atoms. The van der Waals surface area contributed by atoms with E-state index in [1.807, 2.05) is 0 Å². The molecule has 0 saturated carbocycles. The van der Waals surface area contributed by atoms with Crippen LogP contribution in [-0.4, -0.2) is 32.4 Å². The Hall–Kier alpha value is -6.80. The zero-order valence-electron chi connectivity index (χ0n) is 31.3. The first-order valence-corrected chi connectivity index (χ1v) is 24.7. The van der Waals surface area contributed by atoms with Crippen LogP contribution in [0, 0.1) is 0 Å². The zero-order chi connectivity index (χ0) is 38.2. The quantitative estimate of drug-likeness (QED) is 0.157. The maximum atomic E-state index is 5.63. The standard InChI is InChI=1S/C52H34GeN4S/c1-4-18-35(19-5-1)53(36-20-6-2-7-21-36,37-22-8-3-9-23-37)38-32-33-47-43(34-38)41-26-12-16-30-46(41)57(47)52-54-49-42-27-13-17-31-48(42)58-50(49)51(55-52)56-44-28-14-10-24-39(44)40-25-11-15-29-45(40)56/h1-34H. The summed E-state index contributed by atoms with van der Waals surface area (Å²) in [5.41, 5.74) is 5.40. The molecule has 6 heteroatoms. The molecule has 0 N–H and O–H groups in total. The summed E-state index contributed by atoms with van der Waals surface area (Å²) in [6.07, 6.45) is 0. The first kappa shape index (κ1) is 33.4. The Balaban J connectivity index is 1.18. The molecule has 58 heavy (non-hydrogen) atoms. The van der Waals surface area contributed by atoms with E-state index in [4.69, 9.17) is 9.97 Å². The van der Waals surface area contributed by atoms with Gasteiger partial charge in [-0.3, -0.25) is 0 Å². The van der Waals surface area contributed by atoms with E-state index in [0.717, 1.165) is 43.5 Å². The van der Waals surface area contributed by atoms with Gasteiger partial charge < -0.3 is 0 Å². The molecule has 0 radical (unpaired) electrons. The van der Waals surface area contributed by atoms with Crippen LogP contribution in [0.3, 0.4) is 0 Å². The van der Waals surface area contributed by atoms with Crippen LogP contribution in [0.25, 0.3) is 75.7 Å². The van der Waals surface area contributed by atoms with Crippen LogP contribution in [0.1, 0.15) is 0 Å². The second kappa shape index (κ2) is 13.1. The number of hydrogen-bond acceptors (Lipinski definition) is 3. The number of aromatic nitrogens is 4. The SMILES string of the molecule is c1cc[c]([Ge]([c]2ccccc2)([c]2ccccc2)[c]2ccc3c(c2)c2ccccc2n3-c2nc(-n3c4ccccc4c4ccccc43)c3sc4ccccc4c3n2)cc1. The Labute approximate surface area is 341 Å². The van der Waals surface area contributed by atoms with Crippen LogP contribution >= 0.6 is 11.3 Å². The number of rotatable bonds is 6. The molecule has 0 unspecified atom stereocenters. The van der Waals surface area contributed by atoms with E-state index in [-0.39, 0.29) is 0 Å². The van der Waals surface area contributed by atoms with Crippen molar-refractivity contribution in [1.29, 1.82) is 0 Å². The molecule has 0 fully saturated rings. The third-order valence-corrected chi connectivity index (χ3v) is 23.1. The Morgan fingerprint density at radius 1 is 0.362 bits per heavy atom.